The fraction of sp³-hybridized carbons (Fsp3) is 0.389. The highest BCUT2D eigenvalue weighted by atomic mass is 32.2. The van der Waals surface area contributed by atoms with Gasteiger partial charge in [-0.2, -0.15) is 4.31 Å². The van der Waals surface area contributed by atoms with E-state index in [4.69, 9.17) is 0 Å². The molecule has 2 aromatic rings. The number of hydrogen-bond acceptors (Lipinski definition) is 5. The molecule has 1 aromatic carbocycles. The van der Waals surface area contributed by atoms with Crippen molar-refractivity contribution < 1.29 is 13.2 Å². The number of aromatic nitrogens is 2. The monoisotopic (exact) mass is 374 g/mol. The van der Waals surface area contributed by atoms with Gasteiger partial charge in [-0.05, 0) is 44.4 Å². The van der Waals surface area contributed by atoms with Crippen molar-refractivity contribution in [1.29, 1.82) is 0 Å². The van der Waals surface area contributed by atoms with Crippen LogP contribution in [-0.2, 0) is 10.0 Å². The van der Waals surface area contributed by atoms with E-state index in [-0.39, 0.29) is 10.6 Å². The summed E-state index contributed by atoms with van der Waals surface area (Å²) in [5.74, 6) is -0.428. The van der Waals surface area contributed by atoms with Crippen LogP contribution in [0, 0.1) is 13.8 Å². The zero-order valence-electron chi connectivity index (χ0n) is 14.9. The van der Waals surface area contributed by atoms with Crippen LogP contribution in [0.4, 0.5) is 5.69 Å². The third-order valence-electron chi connectivity index (χ3n) is 4.39. The number of amides is 1. The van der Waals surface area contributed by atoms with Crippen molar-refractivity contribution in [1.82, 2.24) is 14.3 Å². The van der Waals surface area contributed by atoms with Gasteiger partial charge in [-0.15, -0.1) is 0 Å². The number of benzene rings is 1. The molecule has 1 aliphatic rings. The maximum Gasteiger partial charge on any atom is 0.275 e. The molecule has 0 aliphatic carbocycles. The van der Waals surface area contributed by atoms with Crippen LogP contribution >= 0.6 is 0 Å². The Bertz CT molecular complexity index is 905. The van der Waals surface area contributed by atoms with Gasteiger partial charge in [0.05, 0.1) is 16.8 Å². The van der Waals surface area contributed by atoms with Crippen molar-refractivity contribution in [3.63, 3.8) is 0 Å². The molecule has 1 N–H and O–H groups in total. The summed E-state index contributed by atoms with van der Waals surface area (Å²) < 4.78 is 27.4. The Kier molecular flexibility index (Phi) is 5.33. The Morgan fingerprint density at radius 3 is 2.46 bits per heavy atom. The molecule has 3 rings (SSSR count). The van der Waals surface area contributed by atoms with E-state index < -0.39 is 15.9 Å². The number of nitrogens with one attached hydrogen (secondary N) is 1. The molecule has 1 aromatic heterocycles. The Balaban J connectivity index is 1.85. The number of anilines is 1. The third-order valence-corrected chi connectivity index (χ3v) is 6.43. The second kappa shape index (κ2) is 7.51. The lowest BCUT2D eigenvalue weighted by atomic mass is 10.2. The summed E-state index contributed by atoms with van der Waals surface area (Å²) >= 11 is 0. The summed E-state index contributed by atoms with van der Waals surface area (Å²) in [6.45, 7) is 4.62. The molecule has 0 bridgehead atoms. The number of aryl methyl sites for hydroxylation is 2. The van der Waals surface area contributed by atoms with Crippen LogP contribution in [0.3, 0.4) is 0 Å². The molecule has 0 unspecified atom stereocenters. The molecular formula is C18H22N4O3S. The van der Waals surface area contributed by atoms with Crippen molar-refractivity contribution in [2.45, 2.75) is 38.0 Å². The maximum absolute atomic E-state index is 12.9. The second-order valence-corrected chi connectivity index (χ2v) is 8.35. The molecule has 2 heterocycles. The van der Waals surface area contributed by atoms with Gasteiger partial charge in [0.15, 0.2) is 0 Å². The average Bonchev–Trinajstić information content (AvgIpc) is 2.64. The minimum atomic E-state index is -3.57. The van der Waals surface area contributed by atoms with Gasteiger partial charge in [0.25, 0.3) is 5.91 Å². The topological polar surface area (TPSA) is 92.3 Å². The van der Waals surface area contributed by atoms with Gasteiger partial charge in [0.2, 0.25) is 10.0 Å². The normalized spacial score (nSPS) is 15.6. The van der Waals surface area contributed by atoms with E-state index >= 15 is 0 Å². The molecule has 1 amide bonds. The van der Waals surface area contributed by atoms with Gasteiger partial charge in [-0.3, -0.25) is 9.78 Å². The standard InChI is InChI=1S/C18H22N4O3S/c1-13-6-7-15(21-18(23)16-12-19-14(2)11-20-16)10-17(13)26(24,25)22-8-4-3-5-9-22/h6-7,10-12H,3-5,8-9H2,1-2H3,(H,21,23). The molecule has 1 fully saturated rings. The summed E-state index contributed by atoms with van der Waals surface area (Å²) in [4.78, 5) is 20.6. The summed E-state index contributed by atoms with van der Waals surface area (Å²) in [7, 11) is -3.57. The SMILES string of the molecule is Cc1cnc(C(=O)Nc2ccc(C)c(S(=O)(=O)N3CCCCC3)c2)cn1. The number of rotatable bonds is 4. The zero-order valence-corrected chi connectivity index (χ0v) is 15.7. The molecule has 1 aliphatic heterocycles. The molecule has 26 heavy (non-hydrogen) atoms. The van der Waals surface area contributed by atoms with E-state index in [2.05, 4.69) is 15.3 Å². The van der Waals surface area contributed by atoms with Crippen molar-refractivity contribution in [2.24, 2.45) is 0 Å². The predicted octanol–water partition coefficient (Wildman–Crippen LogP) is 2.52. The minimum absolute atomic E-state index is 0.177. The zero-order chi connectivity index (χ0) is 18.7. The Morgan fingerprint density at radius 1 is 1.08 bits per heavy atom. The first-order valence-corrected chi connectivity index (χ1v) is 10.0. The molecule has 0 spiro atoms. The first-order chi connectivity index (χ1) is 12.4. The fourth-order valence-corrected chi connectivity index (χ4v) is 4.67. The molecule has 0 atom stereocenters. The van der Waals surface area contributed by atoms with Gasteiger partial charge in [0, 0.05) is 25.0 Å². The van der Waals surface area contributed by atoms with E-state index in [9.17, 15) is 13.2 Å². The van der Waals surface area contributed by atoms with Gasteiger partial charge in [0.1, 0.15) is 5.69 Å². The molecule has 0 saturated carbocycles. The van der Waals surface area contributed by atoms with E-state index in [0.29, 0.717) is 30.0 Å². The first kappa shape index (κ1) is 18.5. The van der Waals surface area contributed by atoms with E-state index in [1.165, 1.54) is 22.8 Å². The number of sulfonamides is 1. The Hall–Kier alpha value is -2.32. The van der Waals surface area contributed by atoms with Crippen molar-refractivity contribution in [3.8, 4) is 0 Å². The lowest BCUT2D eigenvalue weighted by Crippen LogP contribution is -2.36. The summed E-state index contributed by atoms with van der Waals surface area (Å²) in [5.41, 5.74) is 1.96. The number of hydrogen-bond donors (Lipinski definition) is 1. The van der Waals surface area contributed by atoms with Crippen LogP contribution in [0.15, 0.2) is 35.5 Å². The van der Waals surface area contributed by atoms with Crippen LogP contribution in [0.2, 0.25) is 0 Å². The smallest absolute Gasteiger partial charge is 0.275 e. The highest BCUT2D eigenvalue weighted by Crippen LogP contribution is 2.26. The second-order valence-electron chi connectivity index (χ2n) is 6.44. The molecular weight excluding hydrogens is 352 g/mol. The van der Waals surface area contributed by atoms with Crippen LogP contribution in [0.5, 0.6) is 0 Å². The number of piperidine rings is 1. The Morgan fingerprint density at radius 2 is 1.81 bits per heavy atom. The highest BCUT2D eigenvalue weighted by Gasteiger charge is 2.27. The quantitative estimate of drug-likeness (QED) is 0.888. The van der Waals surface area contributed by atoms with E-state index in [1.807, 2.05) is 0 Å². The molecule has 8 heteroatoms. The average molecular weight is 374 g/mol. The van der Waals surface area contributed by atoms with Crippen molar-refractivity contribution in [3.05, 3.63) is 47.5 Å². The van der Waals surface area contributed by atoms with Crippen LogP contribution in [-0.4, -0.2) is 41.7 Å². The minimum Gasteiger partial charge on any atom is -0.321 e. The lowest BCUT2D eigenvalue weighted by Gasteiger charge is -2.26. The van der Waals surface area contributed by atoms with Gasteiger partial charge in [-0.1, -0.05) is 12.5 Å². The van der Waals surface area contributed by atoms with Gasteiger partial charge < -0.3 is 5.32 Å². The fourth-order valence-electron chi connectivity index (χ4n) is 2.91. The summed E-state index contributed by atoms with van der Waals surface area (Å²) in [6, 6.07) is 4.90. The van der Waals surface area contributed by atoms with Crippen molar-refractivity contribution in [2.75, 3.05) is 18.4 Å². The van der Waals surface area contributed by atoms with E-state index in [1.54, 1.807) is 26.0 Å². The molecule has 138 valence electrons. The van der Waals surface area contributed by atoms with Crippen LogP contribution < -0.4 is 5.32 Å². The number of nitrogens with zero attached hydrogens (tertiary/aromatic N) is 3. The van der Waals surface area contributed by atoms with Crippen LogP contribution in [0.25, 0.3) is 0 Å². The summed E-state index contributed by atoms with van der Waals surface area (Å²) in [6.07, 6.45) is 5.71. The van der Waals surface area contributed by atoms with Crippen molar-refractivity contribution >= 4 is 21.6 Å². The predicted molar refractivity (Wildman–Crippen MR) is 98.5 cm³/mol. The summed E-state index contributed by atoms with van der Waals surface area (Å²) in [5, 5.41) is 2.70. The van der Waals surface area contributed by atoms with Gasteiger partial charge >= 0.3 is 0 Å². The third kappa shape index (κ3) is 3.91. The molecule has 0 radical (unpaired) electrons. The molecule has 7 nitrogen and oxygen atoms in total. The van der Waals surface area contributed by atoms with Gasteiger partial charge in [-0.25, -0.2) is 13.4 Å². The number of carbonyl (C=O) groups excluding carboxylic acids is 1. The Labute approximate surface area is 153 Å². The number of carbonyl (C=O) groups is 1. The lowest BCUT2D eigenvalue weighted by molar-refractivity contribution is 0.102. The van der Waals surface area contributed by atoms with E-state index in [0.717, 1.165) is 19.3 Å². The largest absolute Gasteiger partial charge is 0.321 e. The van der Waals surface area contributed by atoms with Crippen LogP contribution in [0.1, 0.15) is 41.0 Å². The first-order valence-electron chi connectivity index (χ1n) is 8.59. The molecule has 1 saturated heterocycles. The highest BCUT2D eigenvalue weighted by molar-refractivity contribution is 7.89. The maximum atomic E-state index is 12.9.